The molecule has 8 nitrogen and oxygen atoms in total. The zero-order valence-electron chi connectivity index (χ0n) is 17.1. The van der Waals surface area contributed by atoms with E-state index in [-0.39, 0.29) is 40.4 Å². The summed E-state index contributed by atoms with van der Waals surface area (Å²) in [5, 5.41) is 6.36. The summed E-state index contributed by atoms with van der Waals surface area (Å²) in [6.45, 7) is 5.58. The van der Waals surface area contributed by atoms with E-state index >= 15 is 0 Å². The fourth-order valence-electron chi connectivity index (χ4n) is 3.69. The first-order chi connectivity index (χ1) is 14.1. The number of benzene rings is 1. The van der Waals surface area contributed by atoms with Crippen LogP contribution in [0.2, 0.25) is 0 Å². The Bertz CT molecular complexity index is 1190. The maximum Gasteiger partial charge on any atom is 0.253 e. The van der Waals surface area contributed by atoms with Gasteiger partial charge in [-0.05, 0) is 31.4 Å². The molecule has 0 radical (unpaired) electrons. The van der Waals surface area contributed by atoms with Crippen LogP contribution in [0.4, 0.5) is 0 Å². The van der Waals surface area contributed by atoms with Gasteiger partial charge in [0.2, 0.25) is 0 Å². The molecule has 2 aromatic rings. The smallest absolute Gasteiger partial charge is 0.253 e. The van der Waals surface area contributed by atoms with Crippen molar-refractivity contribution in [3.63, 3.8) is 0 Å². The fraction of sp³-hybridized carbons (Fsp3) is 0.429. The summed E-state index contributed by atoms with van der Waals surface area (Å²) in [5.41, 5.74) is 0.257. The zero-order valence-corrected chi connectivity index (χ0v) is 17.9. The number of pyridine rings is 1. The molecule has 1 aromatic carbocycles. The Morgan fingerprint density at radius 3 is 2.67 bits per heavy atom. The molecular weight excluding hydrogens is 404 g/mol. The maximum atomic E-state index is 13.1. The van der Waals surface area contributed by atoms with Crippen molar-refractivity contribution in [3.05, 3.63) is 41.6 Å². The first kappa shape index (κ1) is 20.5. The van der Waals surface area contributed by atoms with Crippen LogP contribution in [0.15, 0.2) is 35.3 Å². The predicted octanol–water partition coefficient (Wildman–Crippen LogP) is 1.44. The molecule has 9 heteroatoms. The lowest BCUT2D eigenvalue weighted by Gasteiger charge is -2.21. The topological polar surface area (TPSA) is 118 Å². The van der Waals surface area contributed by atoms with E-state index in [1.807, 2.05) is 38.1 Å². The third-order valence-corrected chi connectivity index (χ3v) is 7.69. The predicted molar refractivity (Wildman–Crippen MR) is 114 cm³/mol. The third kappa shape index (κ3) is 3.58. The lowest BCUT2D eigenvalue weighted by atomic mass is 9.89. The van der Waals surface area contributed by atoms with E-state index in [1.165, 1.54) is 0 Å². The number of aromatic nitrogens is 1. The van der Waals surface area contributed by atoms with Crippen LogP contribution >= 0.6 is 0 Å². The van der Waals surface area contributed by atoms with Gasteiger partial charge in [-0.25, -0.2) is 18.4 Å². The van der Waals surface area contributed by atoms with E-state index in [4.69, 9.17) is 0 Å². The van der Waals surface area contributed by atoms with E-state index in [9.17, 15) is 18.0 Å². The Balaban J connectivity index is 1.77. The quantitative estimate of drug-likeness (QED) is 0.764. The second-order valence-electron chi connectivity index (χ2n) is 8.37. The van der Waals surface area contributed by atoms with Crippen LogP contribution in [0, 0.1) is 5.92 Å². The van der Waals surface area contributed by atoms with Gasteiger partial charge in [-0.15, -0.1) is 0 Å². The van der Waals surface area contributed by atoms with Crippen LogP contribution in [0.1, 0.15) is 43.2 Å². The molecule has 2 amide bonds. The van der Waals surface area contributed by atoms with E-state index in [0.29, 0.717) is 11.9 Å². The Labute approximate surface area is 175 Å². The number of carbonyl (C=O) groups excluding carboxylic acids is 2. The van der Waals surface area contributed by atoms with Crippen LogP contribution in [0.5, 0.6) is 0 Å². The van der Waals surface area contributed by atoms with Crippen LogP contribution in [0.3, 0.4) is 0 Å². The number of nitrogens with one attached hydrogen (secondary N) is 2. The second-order valence-corrected chi connectivity index (χ2v) is 10.6. The fourth-order valence-corrected chi connectivity index (χ4v) is 5.36. The zero-order chi connectivity index (χ0) is 21.7. The molecule has 158 valence electrons. The monoisotopic (exact) mass is 428 g/mol. The average Bonchev–Trinajstić information content (AvgIpc) is 3.19. The van der Waals surface area contributed by atoms with Crippen molar-refractivity contribution in [1.29, 1.82) is 0 Å². The second kappa shape index (κ2) is 7.16. The molecule has 2 aliphatic heterocycles. The first-order valence-corrected chi connectivity index (χ1v) is 11.7. The maximum absolute atomic E-state index is 13.1. The SMILES string of the molecule is CC(C)[C@]1(C)N=C(c2nc3ccccc3cc2C(=O)N[C@H]2CCS(=O)(=O)C2)NC1=O. The average molecular weight is 429 g/mol. The van der Waals surface area contributed by atoms with Crippen molar-refractivity contribution in [1.82, 2.24) is 15.6 Å². The number of aliphatic imine (C=N–C) groups is 1. The van der Waals surface area contributed by atoms with Gasteiger partial charge in [0.15, 0.2) is 15.7 Å². The van der Waals surface area contributed by atoms with Gasteiger partial charge in [0.1, 0.15) is 11.2 Å². The molecule has 0 spiro atoms. The van der Waals surface area contributed by atoms with Gasteiger partial charge in [-0.3, -0.25) is 9.59 Å². The minimum Gasteiger partial charge on any atom is -0.348 e. The van der Waals surface area contributed by atoms with E-state index in [0.717, 1.165) is 5.39 Å². The van der Waals surface area contributed by atoms with Crippen LogP contribution in [-0.4, -0.2) is 54.1 Å². The summed E-state index contributed by atoms with van der Waals surface area (Å²) in [6, 6.07) is 8.62. The van der Waals surface area contributed by atoms with E-state index in [1.54, 1.807) is 13.0 Å². The number of rotatable bonds is 4. The van der Waals surface area contributed by atoms with Crippen LogP contribution in [-0.2, 0) is 14.6 Å². The molecule has 2 atom stereocenters. The summed E-state index contributed by atoms with van der Waals surface area (Å²) < 4.78 is 23.5. The van der Waals surface area contributed by atoms with Gasteiger partial charge in [0.25, 0.3) is 11.8 Å². The molecule has 0 bridgehead atoms. The number of nitrogens with zero attached hydrogens (tertiary/aromatic N) is 2. The lowest BCUT2D eigenvalue weighted by Crippen LogP contribution is -2.41. The van der Waals surface area contributed by atoms with Gasteiger partial charge in [-0.2, -0.15) is 0 Å². The molecule has 3 heterocycles. The molecule has 1 fully saturated rings. The molecule has 1 saturated heterocycles. The highest BCUT2D eigenvalue weighted by molar-refractivity contribution is 7.91. The number of amidine groups is 1. The van der Waals surface area contributed by atoms with Gasteiger partial charge >= 0.3 is 0 Å². The molecule has 1 aromatic heterocycles. The highest BCUT2D eigenvalue weighted by atomic mass is 32.2. The molecule has 2 aliphatic rings. The number of amides is 2. The van der Waals surface area contributed by atoms with Crippen molar-refractivity contribution < 1.29 is 18.0 Å². The number of sulfone groups is 1. The van der Waals surface area contributed by atoms with Crippen molar-refractivity contribution in [2.45, 2.75) is 38.8 Å². The normalized spacial score (nSPS) is 25.4. The molecule has 4 rings (SSSR count). The Morgan fingerprint density at radius 2 is 2.03 bits per heavy atom. The number of hydrogen-bond acceptors (Lipinski definition) is 6. The molecule has 0 aliphatic carbocycles. The Hall–Kier alpha value is -2.81. The minimum atomic E-state index is -3.13. The lowest BCUT2D eigenvalue weighted by molar-refractivity contribution is -0.124. The number of hydrogen-bond donors (Lipinski definition) is 2. The van der Waals surface area contributed by atoms with Gasteiger partial charge in [0.05, 0.1) is 22.6 Å². The summed E-state index contributed by atoms with van der Waals surface area (Å²) in [6.07, 6.45) is 0.382. The Morgan fingerprint density at radius 1 is 1.30 bits per heavy atom. The minimum absolute atomic E-state index is 0.0450. The molecule has 0 saturated carbocycles. The Kier molecular flexibility index (Phi) is 4.88. The van der Waals surface area contributed by atoms with Crippen molar-refractivity contribution in [3.8, 4) is 0 Å². The van der Waals surface area contributed by atoms with Crippen molar-refractivity contribution >= 4 is 38.4 Å². The summed E-state index contributed by atoms with van der Waals surface area (Å²) in [5.74, 6) is -0.465. The summed E-state index contributed by atoms with van der Waals surface area (Å²) in [4.78, 5) is 34.9. The van der Waals surface area contributed by atoms with Gasteiger partial charge in [0, 0.05) is 11.4 Å². The molecular formula is C21H24N4O4S. The van der Waals surface area contributed by atoms with E-state index < -0.39 is 27.3 Å². The van der Waals surface area contributed by atoms with Gasteiger partial charge in [-0.1, -0.05) is 32.0 Å². The highest BCUT2D eigenvalue weighted by Crippen LogP contribution is 2.28. The van der Waals surface area contributed by atoms with Crippen LogP contribution < -0.4 is 10.6 Å². The van der Waals surface area contributed by atoms with Crippen LogP contribution in [0.25, 0.3) is 10.9 Å². The molecule has 2 N–H and O–H groups in total. The first-order valence-electron chi connectivity index (χ1n) is 9.92. The molecule has 0 unspecified atom stereocenters. The molecule has 30 heavy (non-hydrogen) atoms. The van der Waals surface area contributed by atoms with Gasteiger partial charge < -0.3 is 10.6 Å². The highest BCUT2D eigenvalue weighted by Gasteiger charge is 2.43. The van der Waals surface area contributed by atoms with Crippen molar-refractivity contribution in [2.75, 3.05) is 11.5 Å². The summed E-state index contributed by atoms with van der Waals surface area (Å²) >= 11 is 0. The number of para-hydroxylation sites is 1. The number of carbonyl (C=O) groups is 2. The van der Waals surface area contributed by atoms with E-state index in [2.05, 4.69) is 20.6 Å². The standard InChI is InChI=1S/C21H24N4O4S/c1-12(2)21(3)20(27)24-18(25-21)17-15(10-13-6-4-5-7-16(13)23-17)19(26)22-14-8-9-30(28,29)11-14/h4-7,10,12,14H,8-9,11H2,1-3H3,(H,22,26)(H,24,25,27)/t14-,21-/m0/s1. The summed E-state index contributed by atoms with van der Waals surface area (Å²) in [7, 11) is -3.13. The van der Waals surface area contributed by atoms with Crippen molar-refractivity contribution in [2.24, 2.45) is 10.9 Å². The number of fused-ring (bicyclic) bond motifs is 1. The third-order valence-electron chi connectivity index (χ3n) is 5.92. The largest absolute Gasteiger partial charge is 0.348 e.